The lowest BCUT2D eigenvalue weighted by Crippen LogP contribution is -2.40. The zero-order valence-corrected chi connectivity index (χ0v) is 19.9. The maximum Gasteiger partial charge on any atom is 0.428 e. The first-order valence-corrected chi connectivity index (χ1v) is 11.8. The Bertz CT molecular complexity index is 1110. The van der Waals surface area contributed by atoms with Gasteiger partial charge in [-0.05, 0) is 58.9 Å². The molecule has 0 bridgehead atoms. The highest BCUT2D eigenvalue weighted by molar-refractivity contribution is 7.89. The first-order valence-electron chi connectivity index (χ1n) is 10.4. The highest BCUT2D eigenvalue weighted by atomic mass is 32.2. The molecule has 1 saturated heterocycles. The quantitative estimate of drug-likeness (QED) is 0.544. The van der Waals surface area contributed by atoms with Crippen molar-refractivity contribution in [3.05, 3.63) is 47.3 Å². The van der Waals surface area contributed by atoms with Crippen molar-refractivity contribution in [3.8, 4) is 5.69 Å². The van der Waals surface area contributed by atoms with Crippen LogP contribution in [-0.4, -0.2) is 61.5 Å². The minimum absolute atomic E-state index is 0.242. The standard InChI is InChI=1S/C22H30N4O5S/c1-16-13-18(15-23-24-21(27)31-22(3,4)5)17(2)26(16)19-7-6-8-20(14-19)32(28,29)25-9-11-30-12-10-25/h6-8,13-15H,9-12H2,1-5H3,(H,24,27)/b23-15+. The molecule has 3 rings (SSSR count). The van der Waals surface area contributed by atoms with Gasteiger partial charge in [-0.25, -0.2) is 18.6 Å². The Balaban J connectivity index is 1.84. The summed E-state index contributed by atoms with van der Waals surface area (Å²) in [6.45, 7) is 10.6. The van der Waals surface area contributed by atoms with Crippen LogP contribution >= 0.6 is 0 Å². The number of aromatic nitrogens is 1. The third kappa shape index (κ3) is 5.56. The van der Waals surface area contributed by atoms with Gasteiger partial charge in [0, 0.05) is 35.7 Å². The summed E-state index contributed by atoms with van der Waals surface area (Å²) in [5.74, 6) is 0. The number of nitrogens with one attached hydrogen (secondary N) is 1. The number of carbonyl (C=O) groups excluding carboxylic acids is 1. The molecule has 0 unspecified atom stereocenters. The molecule has 0 spiro atoms. The molecule has 2 heterocycles. The molecule has 10 heteroatoms. The van der Waals surface area contributed by atoms with Gasteiger partial charge >= 0.3 is 6.09 Å². The lowest BCUT2D eigenvalue weighted by atomic mass is 10.2. The first-order chi connectivity index (χ1) is 15.0. The maximum atomic E-state index is 13.0. The Hall–Kier alpha value is -2.69. The molecule has 32 heavy (non-hydrogen) atoms. The molecule has 1 amide bonds. The van der Waals surface area contributed by atoms with Crippen LogP contribution in [0.15, 0.2) is 40.3 Å². The lowest BCUT2D eigenvalue weighted by Gasteiger charge is -2.26. The number of ether oxygens (including phenoxy) is 2. The SMILES string of the molecule is Cc1cc(/C=N/NC(=O)OC(C)(C)C)c(C)n1-c1cccc(S(=O)(=O)N2CCOCC2)c1. The average Bonchev–Trinajstić information content (AvgIpc) is 3.00. The van der Waals surface area contributed by atoms with Gasteiger partial charge in [0.1, 0.15) is 5.60 Å². The van der Waals surface area contributed by atoms with Crippen molar-refractivity contribution in [2.24, 2.45) is 5.10 Å². The monoisotopic (exact) mass is 462 g/mol. The molecule has 1 fully saturated rings. The van der Waals surface area contributed by atoms with E-state index in [9.17, 15) is 13.2 Å². The Kier molecular flexibility index (Phi) is 7.06. The van der Waals surface area contributed by atoms with E-state index in [4.69, 9.17) is 9.47 Å². The molecular formula is C22H30N4O5S. The fourth-order valence-electron chi connectivity index (χ4n) is 3.49. The van der Waals surface area contributed by atoms with Crippen LogP contribution in [0.1, 0.15) is 37.7 Å². The van der Waals surface area contributed by atoms with Crippen LogP contribution in [0.3, 0.4) is 0 Å². The number of morpholine rings is 1. The Morgan fingerprint density at radius 2 is 1.88 bits per heavy atom. The van der Waals surface area contributed by atoms with E-state index in [1.807, 2.05) is 30.5 Å². The average molecular weight is 463 g/mol. The van der Waals surface area contributed by atoms with Gasteiger partial charge in [-0.3, -0.25) is 0 Å². The van der Waals surface area contributed by atoms with Gasteiger partial charge < -0.3 is 14.0 Å². The number of amides is 1. The molecule has 1 aromatic carbocycles. The summed E-state index contributed by atoms with van der Waals surface area (Å²) in [6.07, 6.45) is 0.903. The van der Waals surface area contributed by atoms with Crippen molar-refractivity contribution in [2.75, 3.05) is 26.3 Å². The summed E-state index contributed by atoms with van der Waals surface area (Å²) >= 11 is 0. The molecule has 1 aliphatic heterocycles. The molecule has 0 atom stereocenters. The second kappa shape index (κ2) is 9.43. The molecule has 2 aromatic rings. The second-order valence-electron chi connectivity index (χ2n) is 8.55. The highest BCUT2D eigenvalue weighted by Gasteiger charge is 2.26. The van der Waals surface area contributed by atoms with Crippen LogP contribution in [0.4, 0.5) is 4.79 Å². The topological polar surface area (TPSA) is 102 Å². The van der Waals surface area contributed by atoms with Gasteiger partial charge in [0.15, 0.2) is 0 Å². The zero-order chi connectivity index (χ0) is 23.5. The van der Waals surface area contributed by atoms with Crippen molar-refractivity contribution < 1.29 is 22.7 Å². The second-order valence-corrected chi connectivity index (χ2v) is 10.5. The van der Waals surface area contributed by atoms with E-state index in [0.29, 0.717) is 26.3 Å². The van der Waals surface area contributed by atoms with Crippen LogP contribution < -0.4 is 5.43 Å². The van der Waals surface area contributed by atoms with E-state index in [1.165, 1.54) is 10.5 Å². The summed E-state index contributed by atoms with van der Waals surface area (Å²) < 4.78 is 39.9. The number of hydrazone groups is 1. The molecule has 0 aliphatic carbocycles. The largest absolute Gasteiger partial charge is 0.443 e. The number of nitrogens with zero attached hydrogens (tertiary/aromatic N) is 3. The van der Waals surface area contributed by atoms with E-state index in [1.54, 1.807) is 39.0 Å². The Morgan fingerprint density at radius 1 is 1.19 bits per heavy atom. The summed E-state index contributed by atoms with van der Waals surface area (Å²) in [7, 11) is -3.60. The fourth-order valence-corrected chi connectivity index (χ4v) is 4.94. The molecular weight excluding hydrogens is 432 g/mol. The van der Waals surface area contributed by atoms with Crippen molar-refractivity contribution >= 4 is 22.3 Å². The number of hydrogen-bond donors (Lipinski definition) is 1. The van der Waals surface area contributed by atoms with Crippen LogP contribution in [-0.2, 0) is 19.5 Å². The number of sulfonamides is 1. The summed E-state index contributed by atoms with van der Waals surface area (Å²) in [5, 5.41) is 3.98. The molecule has 9 nitrogen and oxygen atoms in total. The van der Waals surface area contributed by atoms with Crippen LogP contribution in [0.2, 0.25) is 0 Å². The minimum Gasteiger partial charge on any atom is -0.443 e. The van der Waals surface area contributed by atoms with Gasteiger partial charge in [0.05, 0.1) is 24.3 Å². The fraction of sp³-hybridized carbons (Fsp3) is 0.455. The first kappa shape index (κ1) is 24.0. The zero-order valence-electron chi connectivity index (χ0n) is 19.1. The number of benzene rings is 1. The highest BCUT2D eigenvalue weighted by Crippen LogP contribution is 2.24. The minimum atomic E-state index is -3.60. The van der Waals surface area contributed by atoms with Crippen LogP contribution in [0.5, 0.6) is 0 Å². The van der Waals surface area contributed by atoms with Crippen molar-refractivity contribution in [2.45, 2.75) is 45.1 Å². The van der Waals surface area contributed by atoms with Gasteiger partial charge in [-0.2, -0.15) is 9.41 Å². The smallest absolute Gasteiger partial charge is 0.428 e. The predicted octanol–water partition coefficient (Wildman–Crippen LogP) is 2.97. The van der Waals surface area contributed by atoms with Crippen molar-refractivity contribution in [1.29, 1.82) is 0 Å². The number of carbonyl (C=O) groups is 1. The van der Waals surface area contributed by atoms with Gasteiger partial charge in [-0.1, -0.05) is 6.07 Å². The van der Waals surface area contributed by atoms with E-state index in [0.717, 1.165) is 22.6 Å². The summed E-state index contributed by atoms with van der Waals surface area (Å²) in [6, 6.07) is 8.79. The maximum absolute atomic E-state index is 13.0. The van der Waals surface area contributed by atoms with Gasteiger partial charge in [0.25, 0.3) is 0 Å². The lowest BCUT2D eigenvalue weighted by molar-refractivity contribution is 0.0529. The predicted molar refractivity (Wildman–Crippen MR) is 122 cm³/mol. The Labute approximate surface area is 189 Å². The normalized spacial score (nSPS) is 15.8. The molecule has 1 aromatic heterocycles. The molecule has 1 N–H and O–H groups in total. The summed E-state index contributed by atoms with van der Waals surface area (Å²) in [5.41, 5.74) is 5.03. The van der Waals surface area contributed by atoms with Crippen LogP contribution in [0.25, 0.3) is 5.69 Å². The van der Waals surface area contributed by atoms with Crippen LogP contribution in [0, 0.1) is 13.8 Å². The van der Waals surface area contributed by atoms with Crippen molar-refractivity contribution in [1.82, 2.24) is 14.3 Å². The van der Waals surface area contributed by atoms with Crippen molar-refractivity contribution in [3.63, 3.8) is 0 Å². The molecule has 0 saturated carbocycles. The summed E-state index contributed by atoms with van der Waals surface area (Å²) in [4.78, 5) is 12.0. The molecule has 1 aliphatic rings. The number of rotatable bonds is 5. The van der Waals surface area contributed by atoms with Gasteiger partial charge in [0.2, 0.25) is 10.0 Å². The van der Waals surface area contributed by atoms with E-state index >= 15 is 0 Å². The van der Waals surface area contributed by atoms with E-state index < -0.39 is 21.7 Å². The van der Waals surface area contributed by atoms with Gasteiger partial charge in [-0.15, -0.1) is 0 Å². The number of hydrogen-bond acceptors (Lipinski definition) is 6. The third-order valence-corrected chi connectivity index (χ3v) is 6.81. The van der Waals surface area contributed by atoms with E-state index in [2.05, 4.69) is 10.5 Å². The van der Waals surface area contributed by atoms with E-state index in [-0.39, 0.29) is 4.90 Å². The Morgan fingerprint density at radius 3 is 2.53 bits per heavy atom. The number of aryl methyl sites for hydroxylation is 1. The molecule has 0 radical (unpaired) electrons. The molecule has 174 valence electrons. The third-order valence-electron chi connectivity index (χ3n) is 4.91.